The molecule has 2 heteroatoms. The maximum absolute atomic E-state index is 5.26. The van der Waals surface area contributed by atoms with E-state index in [1.54, 1.807) is 20.3 Å². The van der Waals surface area contributed by atoms with E-state index < -0.39 is 0 Å². The van der Waals surface area contributed by atoms with Gasteiger partial charge in [0.2, 0.25) is 0 Å². The lowest BCUT2D eigenvalue weighted by atomic mass is 10.1. The predicted molar refractivity (Wildman–Crippen MR) is 57.6 cm³/mol. The third-order valence-electron chi connectivity index (χ3n) is 1.87. The lowest BCUT2D eigenvalue weighted by Gasteiger charge is -2.10. The first-order chi connectivity index (χ1) is 6.83. The molecule has 0 aliphatic carbocycles. The summed E-state index contributed by atoms with van der Waals surface area (Å²) < 4.78 is 10.4. The van der Waals surface area contributed by atoms with E-state index in [-0.39, 0.29) is 0 Å². The van der Waals surface area contributed by atoms with Gasteiger partial charge in [-0.3, -0.25) is 0 Å². The maximum atomic E-state index is 5.26. The lowest BCUT2D eigenvalue weighted by Crippen LogP contribution is -1.94. The Bertz CT molecular complexity index is 325. The van der Waals surface area contributed by atoms with Crippen LogP contribution < -0.4 is 0 Å². The Morgan fingerprint density at radius 1 is 1.14 bits per heavy atom. The summed E-state index contributed by atoms with van der Waals surface area (Å²) in [5, 5.41) is 0. The summed E-state index contributed by atoms with van der Waals surface area (Å²) in [6, 6.07) is 9.77. The number of hydrogen-bond donors (Lipinski definition) is 0. The van der Waals surface area contributed by atoms with Gasteiger partial charge in [-0.2, -0.15) is 0 Å². The van der Waals surface area contributed by atoms with Gasteiger partial charge < -0.3 is 9.47 Å². The van der Waals surface area contributed by atoms with Crippen molar-refractivity contribution in [3.05, 3.63) is 54.3 Å². The first-order valence-electron chi connectivity index (χ1n) is 4.33. The molecular formula is C12H14O2. The van der Waals surface area contributed by atoms with Crippen molar-refractivity contribution < 1.29 is 9.47 Å². The highest BCUT2D eigenvalue weighted by molar-refractivity contribution is 5.63. The van der Waals surface area contributed by atoms with Crippen LogP contribution in [-0.4, -0.2) is 14.2 Å². The molecule has 1 aromatic carbocycles. The summed E-state index contributed by atoms with van der Waals surface area (Å²) in [6.07, 6.45) is 1.63. The van der Waals surface area contributed by atoms with E-state index >= 15 is 0 Å². The van der Waals surface area contributed by atoms with Crippen molar-refractivity contribution >= 4 is 5.76 Å². The van der Waals surface area contributed by atoms with E-state index in [2.05, 4.69) is 6.58 Å². The highest BCUT2D eigenvalue weighted by Gasteiger charge is 2.06. The van der Waals surface area contributed by atoms with Crippen molar-refractivity contribution in [2.75, 3.05) is 14.2 Å². The third kappa shape index (κ3) is 2.16. The van der Waals surface area contributed by atoms with Gasteiger partial charge in [-0.25, -0.2) is 0 Å². The SMILES string of the molecule is C=CC(OC)=C(OC)c1ccccc1. The maximum Gasteiger partial charge on any atom is 0.167 e. The molecule has 0 atom stereocenters. The highest BCUT2D eigenvalue weighted by Crippen LogP contribution is 2.20. The number of allylic oxidation sites excluding steroid dienone is 1. The molecule has 0 aliphatic heterocycles. The zero-order valence-corrected chi connectivity index (χ0v) is 8.49. The summed E-state index contributed by atoms with van der Waals surface area (Å²) in [4.78, 5) is 0. The zero-order valence-electron chi connectivity index (χ0n) is 8.49. The topological polar surface area (TPSA) is 18.5 Å². The standard InChI is InChI=1S/C12H14O2/c1-4-11(13-2)12(14-3)10-8-6-5-7-9-10/h4-9H,1H2,2-3H3. The Labute approximate surface area is 84.5 Å². The molecule has 74 valence electrons. The van der Waals surface area contributed by atoms with Gasteiger partial charge in [0, 0.05) is 5.56 Å². The molecule has 0 heterocycles. The van der Waals surface area contributed by atoms with Gasteiger partial charge in [0.1, 0.15) is 0 Å². The van der Waals surface area contributed by atoms with E-state index in [1.165, 1.54) is 0 Å². The molecule has 0 saturated heterocycles. The van der Waals surface area contributed by atoms with Crippen LogP contribution in [0.1, 0.15) is 5.56 Å². The normalized spacial score (nSPS) is 11.6. The van der Waals surface area contributed by atoms with Crippen molar-refractivity contribution in [1.29, 1.82) is 0 Å². The van der Waals surface area contributed by atoms with Gasteiger partial charge in [-0.15, -0.1) is 0 Å². The van der Waals surface area contributed by atoms with Crippen molar-refractivity contribution in [3.8, 4) is 0 Å². The van der Waals surface area contributed by atoms with E-state index in [1.807, 2.05) is 30.3 Å². The molecule has 0 unspecified atom stereocenters. The lowest BCUT2D eigenvalue weighted by molar-refractivity contribution is 0.279. The fourth-order valence-corrected chi connectivity index (χ4v) is 1.22. The minimum absolute atomic E-state index is 0.638. The Balaban J connectivity index is 3.15. The molecule has 0 spiro atoms. The Hall–Kier alpha value is -1.70. The number of ether oxygens (including phenoxy) is 2. The van der Waals surface area contributed by atoms with Crippen LogP contribution in [0.15, 0.2) is 48.7 Å². The summed E-state index contributed by atoms with van der Waals surface area (Å²) in [5.41, 5.74) is 0.978. The number of hydrogen-bond acceptors (Lipinski definition) is 2. The number of rotatable bonds is 4. The predicted octanol–water partition coefficient (Wildman–Crippen LogP) is 2.83. The second-order valence-electron chi connectivity index (χ2n) is 2.67. The van der Waals surface area contributed by atoms with Gasteiger partial charge >= 0.3 is 0 Å². The van der Waals surface area contributed by atoms with Crippen LogP contribution in [0.3, 0.4) is 0 Å². The van der Waals surface area contributed by atoms with Crippen LogP contribution in [0.2, 0.25) is 0 Å². The van der Waals surface area contributed by atoms with Gasteiger partial charge in [0.25, 0.3) is 0 Å². The largest absolute Gasteiger partial charge is 0.493 e. The molecule has 0 bridgehead atoms. The average Bonchev–Trinajstić information content (AvgIpc) is 2.27. The second-order valence-corrected chi connectivity index (χ2v) is 2.67. The van der Waals surface area contributed by atoms with E-state index in [0.29, 0.717) is 11.5 Å². The summed E-state index contributed by atoms with van der Waals surface area (Å²) in [6.45, 7) is 3.66. The van der Waals surface area contributed by atoms with Gasteiger partial charge in [-0.1, -0.05) is 36.9 Å². The van der Waals surface area contributed by atoms with Crippen LogP contribution >= 0.6 is 0 Å². The molecule has 0 radical (unpaired) electrons. The smallest absolute Gasteiger partial charge is 0.167 e. The Morgan fingerprint density at radius 2 is 1.79 bits per heavy atom. The first-order valence-corrected chi connectivity index (χ1v) is 4.33. The average molecular weight is 190 g/mol. The fraction of sp³-hybridized carbons (Fsp3) is 0.167. The Kier molecular flexibility index (Phi) is 3.80. The number of benzene rings is 1. The molecule has 0 aliphatic rings. The summed E-state index contributed by atoms with van der Waals surface area (Å²) in [5.74, 6) is 1.34. The van der Waals surface area contributed by atoms with Crippen molar-refractivity contribution in [3.63, 3.8) is 0 Å². The molecule has 0 saturated carbocycles. The van der Waals surface area contributed by atoms with Gasteiger partial charge in [-0.05, 0) is 6.08 Å². The molecule has 14 heavy (non-hydrogen) atoms. The van der Waals surface area contributed by atoms with Crippen LogP contribution in [0.25, 0.3) is 5.76 Å². The summed E-state index contributed by atoms with van der Waals surface area (Å²) >= 11 is 0. The van der Waals surface area contributed by atoms with Crippen molar-refractivity contribution in [2.24, 2.45) is 0 Å². The fourth-order valence-electron chi connectivity index (χ4n) is 1.22. The number of methoxy groups -OCH3 is 2. The Morgan fingerprint density at radius 3 is 2.21 bits per heavy atom. The molecule has 0 fully saturated rings. The summed E-state index contributed by atoms with van der Waals surface area (Å²) in [7, 11) is 3.21. The molecule has 0 aromatic heterocycles. The minimum atomic E-state index is 0.638. The van der Waals surface area contributed by atoms with E-state index in [0.717, 1.165) is 5.56 Å². The van der Waals surface area contributed by atoms with E-state index in [9.17, 15) is 0 Å². The van der Waals surface area contributed by atoms with Crippen LogP contribution in [-0.2, 0) is 9.47 Å². The van der Waals surface area contributed by atoms with Gasteiger partial charge in [0.05, 0.1) is 14.2 Å². The second kappa shape index (κ2) is 5.12. The van der Waals surface area contributed by atoms with Crippen LogP contribution in [0.4, 0.5) is 0 Å². The molecule has 0 amide bonds. The minimum Gasteiger partial charge on any atom is -0.493 e. The van der Waals surface area contributed by atoms with Crippen molar-refractivity contribution in [2.45, 2.75) is 0 Å². The molecule has 2 nitrogen and oxygen atoms in total. The zero-order chi connectivity index (χ0) is 10.4. The quantitative estimate of drug-likeness (QED) is 0.537. The molecule has 1 aromatic rings. The molecular weight excluding hydrogens is 176 g/mol. The van der Waals surface area contributed by atoms with Crippen LogP contribution in [0.5, 0.6) is 0 Å². The first kappa shape index (κ1) is 10.4. The third-order valence-corrected chi connectivity index (χ3v) is 1.87. The van der Waals surface area contributed by atoms with Crippen molar-refractivity contribution in [1.82, 2.24) is 0 Å². The highest BCUT2D eigenvalue weighted by atomic mass is 16.5. The van der Waals surface area contributed by atoms with Crippen LogP contribution in [0, 0.1) is 0 Å². The molecule has 0 N–H and O–H groups in total. The van der Waals surface area contributed by atoms with Gasteiger partial charge in [0.15, 0.2) is 11.5 Å². The van der Waals surface area contributed by atoms with E-state index in [4.69, 9.17) is 9.47 Å². The molecule has 1 rings (SSSR count). The monoisotopic (exact) mass is 190 g/mol.